The molecule has 26 heavy (non-hydrogen) atoms. The Labute approximate surface area is 156 Å². The molecule has 0 saturated carbocycles. The molecule has 2 heterocycles. The van der Waals surface area contributed by atoms with Crippen molar-refractivity contribution in [3.8, 4) is 0 Å². The summed E-state index contributed by atoms with van der Waals surface area (Å²) >= 11 is 0. The molecule has 0 bridgehead atoms. The van der Waals surface area contributed by atoms with E-state index in [-0.39, 0.29) is 21.9 Å². The predicted octanol–water partition coefficient (Wildman–Crippen LogP) is 1.66. The third-order valence-corrected chi connectivity index (χ3v) is 9.18. The van der Waals surface area contributed by atoms with Crippen LogP contribution >= 0.6 is 0 Å². The summed E-state index contributed by atoms with van der Waals surface area (Å²) in [6.07, 6.45) is 2.70. The first-order valence-corrected chi connectivity index (χ1v) is 11.8. The van der Waals surface area contributed by atoms with Crippen LogP contribution in [0.15, 0.2) is 34.1 Å². The van der Waals surface area contributed by atoms with Crippen molar-refractivity contribution in [3.63, 3.8) is 0 Å². The largest absolute Gasteiger partial charge is 0.379 e. The van der Waals surface area contributed by atoms with E-state index in [9.17, 15) is 16.8 Å². The van der Waals surface area contributed by atoms with Crippen molar-refractivity contribution < 1.29 is 21.6 Å². The van der Waals surface area contributed by atoms with E-state index < -0.39 is 20.0 Å². The van der Waals surface area contributed by atoms with Gasteiger partial charge in [0.05, 0.1) is 23.0 Å². The minimum Gasteiger partial charge on any atom is -0.379 e. The molecular weight excluding hydrogens is 376 g/mol. The molecule has 2 saturated heterocycles. The quantitative estimate of drug-likeness (QED) is 0.765. The fourth-order valence-corrected chi connectivity index (χ4v) is 7.00. The molecule has 2 aliphatic rings. The number of rotatable bonds is 4. The molecule has 7 nitrogen and oxygen atoms in total. The Morgan fingerprint density at radius 1 is 0.846 bits per heavy atom. The topological polar surface area (TPSA) is 84.0 Å². The summed E-state index contributed by atoms with van der Waals surface area (Å²) in [4.78, 5) is 0.247. The van der Waals surface area contributed by atoms with Crippen LogP contribution < -0.4 is 0 Å². The Morgan fingerprint density at radius 3 is 1.81 bits per heavy atom. The maximum Gasteiger partial charge on any atom is 0.243 e. The van der Waals surface area contributed by atoms with Crippen LogP contribution in [-0.4, -0.2) is 63.8 Å². The summed E-state index contributed by atoms with van der Waals surface area (Å²) < 4.78 is 59.5. The normalized spacial score (nSPS) is 26.7. The van der Waals surface area contributed by atoms with Crippen LogP contribution in [0.1, 0.15) is 33.1 Å². The number of benzene rings is 1. The SMILES string of the molecule is C[C@@H]1CCC[C@@H](C)N1S(=O)(=O)c1ccc(S(=O)(=O)N2CCOCC2)cc1. The molecule has 3 rings (SSSR count). The maximum atomic E-state index is 13.0. The average Bonchev–Trinajstić information content (AvgIpc) is 2.62. The Morgan fingerprint density at radius 2 is 1.31 bits per heavy atom. The molecule has 2 fully saturated rings. The van der Waals surface area contributed by atoms with Gasteiger partial charge in [0.15, 0.2) is 0 Å². The van der Waals surface area contributed by atoms with Crippen molar-refractivity contribution in [2.45, 2.75) is 55.0 Å². The van der Waals surface area contributed by atoms with Gasteiger partial charge in [-0.2, -0.15) is 8.61 Å². The minimum absolute atomic E-state index is 0.0551. The summed E-state index contributed by atoms with van der Waals surface area (Å²) in [6.45, 7) is 5.21. The maximum absolute atomic E-state index is 13.0. The molecular formula is C17H26N2O5S2. The Balaban J connectivity index is 1.87. The van der Waals surface area contributed by atoms with Crippen LogP contribution in [0.25, 0.3) is 0 Å². The fraction of sp³-hybridized carbons (Fsp3) is 0.647. The predicted molar refractivity (Wildman–Crippen MR) is 97.8 cm³/mol. The van der Waals surface area contributed by atoms with Gasteiger partial charge in [0.1, 0.15) is 0 Å². The van der Waals surface area contributed by atoms with E-state index in [0.717, 1.165) is 19.3 Å². The summed E-state index contributed by atoms with van der Waals surface area (Å²) in [5, 5.41) is 0. The molecule has 1 aromatic rings. The van der Waals surface area contributed by atoms with Gasteiger partial charge >= 0.3 is 0 Å². The second-order valence-corrected chi connectivity index (χ2v) is 10.7. The summed E-state index contributed by atoms with van der Waals surface area (Å²) in [7, 11) is -7.27. The van der Waals surface area contributed by atoms with Crippen LogP contribution in [0.4, 0.5) is 0 Å². The molecule has 2 atom stereocenters. The first kappa shape index (κ1) is 19.8. The number of hydrogen-bond acceptors (Lipinski definition) is 5. The molecule has 0 aromatic heterocycles. The molecule has 0 spiro atoms. The Kier molecular flexibility index (Phi) is 5.74. The van der Waals surface area contributed by atoms with Gasteiger partial charge < -0.3 is 4.74 Å². The van der Waals surface area contributed by atoms with E-state index in [0.29, 0.717) is 26.3 Å². The highest BCUT2D eigenvalue weighted by atomic mass is 32.2. The van der Waals surface area contributed by atoms with Gasteiger partial charge in [-0.05, 0) is 51.0 Å². The lowest BCUT2D eigenvalue weighted by Gasteiger charge is -2.37. The first-order chi connectivity index (χ1) is 12.2. The molecule has 1 aromatic carbocycles. The van der Waals surface area contributed by atoms with Crippen LogP contribution in [-0.2, 0) is 24.8 Å². The van der Waals surface area contributed by atoms with Gasteiger partial charge in [0, 0.05) is 25.2 Å². The van der Waals surface area contributed by atoms with Gasteiger partial charge in [0.25, 0.3) is 0 Å². The summed E-state index contributed by atoms with van der Waals surface area (Å²) in [5.41, 5.74) is 0. The standard InChI is InChI=1S/C17H26N2O5S2/c1-14-4-3-5-15(2)19(14)26(22,23)17-8-6-16(7-9-17)25(20,21)18-10-12-24-13-11-18/h6-9,14-15H,3-5,10-13H2,1-2H3/t14-,15-/m1/s1. The van der Waals surface area contributed by atoms with Crippen LogP contribution in [0, 0.1) is 0 Å². The van der Waals surface area contributed by atoms with Crippen molar-refractivity contribution in [2.24, 2.45) is 0 Å². The van der Waals surface area contributed by atoms with E-state index >= 15 is 0 Å². The van der Waals surface area contributed by atoms with E-state index in [1.165, 1.54) is 28.6 Å². The second kappa shape index (κ2) is 7.55. The molecule has 146 valence electrons. The average molecular weight is 403 g/mol. The number of morpholine rings is 1. The highest BCUT2D eigenvalue weighted by molar-refractivity contribution is 7.89. The number of nitrogens with zero attached hydrogens (tertiary/aromatic N) is 2. The first-order valence-electron chi connectivity index (χ1n) is 8.96. The van der Waals surface area contributed by atoms with Crippen molar-refractivity contribution in [3.05, 3.63) is 24.3 Å². The van der Waals surface area contributed by atoms with Gasteiger partial charge in [-0.3, -0.25) is 0 Å². The minimum atomic E-state index is -3.64. The monoisotopic (exact) mass is 402 g/mol. The lowest BCUT2D eigenvalue weighted by atomic mass is 10.0. The van der Waals surface area contributed by atoms with Gasteiger partial charge in [0.2, 0.25) is 20.0 Å². The molecule has 0 radical (unpaired) electrons. The van der Waals surface area contributed by atoms with Crippen molar-refractivity contribution in [1.29, 1.82) is 0 Å². The van der Waals surface area contributed by atoms with E-state index in [1.807, 2.05) is 13.8 Å². The molecule has 0 unspecified atom stereocenters. The van der Waals surface area contributed by atoms with Gasteiger partial charge in [-0.15, -0.1) is 0 Å². The van der Waals surface area contributed by atoms with Crippen molar-refractivity contribution >= 4 is 20.0 Å². The zero-order valence-corrected chi connectivity index (χ0v) is 16.8. The summed E-state index contributed by atoms with van der Waals surface area (Å²) in [5.74, 6) is 0. The number of piperidine rings is 1. The number of sulfonamides is 2. The van der Waals surface area contributed by atoms with Gasteiger partial charge in [-0.25, -0.2) is 16.8 Å². The fourth-order valence-electron chi connectivity index (χ4n) is 3.71. The van der Waals surface area contributed by atoms with Gasteiger partial charge in [-0.1, -0.05) is 6.42 Å². The van der Waals surface area contributed by atoms with Crippen LogP contribution in [0.3, 0.4) is 0 Å². The van der Waals surface area contributed by atoms with E-state index in [4.69, 9.17) is 4.74 Å². The third kappa shape index (κ3) is 3.68. The molecule has 9 heteroatoms. The highest BCUT2D eigenvalue weighted by Crippen LogP contribution is 2.30. The summed E-state index contributed by atoms with van der Waals surface area (Å²) in [6, 6.07) is 5.46. The zero-order chi connectivity index (χ0) is 18.9. The third-order valence-electron chi connectivity index (χ3n) is 5.12. The number of hydrogen-bond donors (Lipinski definition) is 0. The lowest BCUT2D eigenvalue weighted by Crippen LogP contribution is -2.47. The van der Waals surface area contributed by atoms with Crippen LogP contribution in [0.2, 0.25) is 0 Å². The zero-order valence-electron chi connectivity index (χ0n) is 15.2. The van der Waals surface area contributed by atoms with Crippen LogP contribution in [0.5, 0.6) is 0 Å². The van der Waals surface area contributed by atoms with Crippen molar-refractivity contribution in [1.82, 2.24) is 8.61 Å². The Hall–Kier alpha value is -1.00. The molecule has 0 amide bonds. The Bertz CT molecular complexity index is 820. The molecule has 0 aliphatic carbocycles. The van der Waals surface area contributed by atoms with E-state index in [1.54, 1.807) is 4.31 Å². The lowest BCUT2D eigenvalue weighted by molar-refractivity contribution is 0.0730. The van der Waals surface area contributed by atoms with E-state index in [2.05, 4.69) is 0 Å². The molecule has 2 aliphatic heterocycles. The number of ether oxygens (including phenoxy) is 1. The molecule has 0 N–H and O–H groups in total. The smallest absolute Gasteiger partial charge is 0.243 e. The highest BCUT2D eigenvalue weighted by Gasteiger charge is 2.36. The second-order valence-electron chi connectivity index (χ2n) is 6.95. The van der Waals surface area contributed by atoms with Crippen molar-refractivity contribution in [2.75, 3.05) is 26.3 Å².